The Labute approximate surface area is 97.9 Å². The fourth-order valence-corrected chi connectivity index (χ4v) is 2.67. The first-order valence-electron chi connectivity index (χ1n) is 6.17. The van der Waals surface area contributed by atoms with Crippen LogP contribution in [0.1, 0.15) is 53.9 Å². The molecule has 1 fully saturated rings. The van der Waals surface area contributed by atoms with Gasteiger partial charge in [-0.05, 0) is 61.8 Å². The Balaban J connectivity index is 2.26. The van der Waals surface area contributed by atoms with Gasteiger partial charge in [-0.1, -0.05) is 12.1 Å². The lowest BCUT2D eigenvalue weighted by Gasteiger charge is -2.24. The lowest BCUT2D eigenvalue weighted by molar-refractivity contribution is -0.120. The molecule has 0 aromatic heterocycles. The number of carbonyl (C=O) groups excluding carboxylic acids is 1. The number of Topliss-reactive ketones (excluding diaryl/α,β-unsaturated/α-hetero) is 1. The topological polar surface area (TPSA) is 17.1 Å². The van der Waals surface area contributed by atoms with Crippen molar-refractivity contribution in [3.63, 3.8) is 0 Å². The van der Waals surface area contributed by atoms with Crippen LogP contribution in [0.2, 0.25) is 0 Å². The molecule has 0 heterocycles. The van der Waals surface area contributed by atoms with Crippen molar-refractivity contribution in [3.8, 4) is 0 Å². The summed E-state index contributed by atoms with van der Waals surface area (Å²) >= 11 is 0. The van der Waals surface area contributed by atoms with E-state index < -0.39 is 0 Å². The Kier molecular flexibility index (Phi) is 3.13. The quantitative estimate of drug-likeness (QED) is 0.697. The van der Waals surface area contributed by atoms with E-state index in [-0.39, 0.29) is 0 Å². The van der Waals surface area contributed by atoms with Gasteiger partial charge >= 0.3 is 0 Å². The van der Waals surface area contributed by atoms with Crippen molar-refractivity contribution in [1.82, 2.24) is 0 Å². The van der Waals surface area contributed by atoms with Gasteiger partial charge in [-0.3, -0.25) is 4.79 Å². The van der Waals surface area contributed by atoms with E-state index in [1.165, 1.54) is 22.3 Å². The number of ketones is 1. The third-order valence-electron chi connectivity index (χ3n) is 3.87. The van der Waals surface area contributed by atoms with Crippen molar-refractivity contribution < 1.29 is 4.79 Å². The van der Waals surface area contributed by atoms with Crippen LogP contribution in [0.5, 0.6) is 0 Å². The second kappa shape index (κ2) is 4.40. The molecule has 1 aromatic rings. The minimum Gasteiger partial charge on any atom is -0.300 e. The van der Waals surface area contributed by atoms with Crippen LogP contribution in [0.3, 0.4) is 0 Å². The van der Waals surface area contributed by atoms with E-state index in [4.69, 9.17) is 0 Å². The monoisotopic (exact) mass is 216 g/mol. The van der Waals surface area contributed by atoms with Crippen LogP contribution in [-0.4, -0.2) is 5.78 Å². The lowest BCUT2D eigenvalue weighted by atomic mass is 9.81. The minimum atomic E-state index is 0.442. The zero-order valence-electron chi connectivity index (χ0n) is 10.5. The number of benzene rings is 1. The largest absolute Gasteiger partial charge is 0.300 e. The van der Waals surface area contributed by atoms with Crippen LogP contribution in [-0.2, 0) is 4.79 Å². The molecule has 0 aliphatic heterocycles. The predicted molar refractivity (Wildman–Crippen MR) is 66.9 cm³/mol. The molecule has 0 radical (unpaired) electrons. The van der Waals surface area contributed by atoms with Crippen LogP contribution >= 0.6 is 0 Å². The Hall–Kier alpha value is -1.11. The van der Waals surface area contributed by atoms with Crippen molar-refractivity contribution in [2.75, 3.05) is 0 Å². The lowest BCUT2D eigenvalue weighted by Crippen LogP contribution is -2.13. The third-order valence-corrected chi connectivity index (χ3v) is 3.87. The van der Waals surface area contributed by atoms with E-state index in [2.05, 4.69) is 32.9 Å². The van der Waals surface area contributed by atoms with Gasteiger partial charge in [0.05, 0.1) is 0 Å². The third kappa shape index (κ3) is 2.18. The summed E-state index contributed by atoms with van der Waals surface area (Å²) < 4.78 is 0. The summed E-state index contributed by atoms with van der Waals surface area (Å²) in [6, 6.07) is 4.60. The zero-order chi connectivity index (χ0) is 11.7. The van der Waals surface area contributed by atoms with Crippen molar-refractivity contribution in [1.29, 1.82) is 0 Å². The van der Waals surface area contributed by atoms with Gasteiger partial charge < -0.3 is 0 Å². The number of rotatable bonds is 1. The highest BCUT2D eigenvalue weighted by Crippen LogP contribution is 2.34. The molecule has 0 unspecified atom stereocenters. The highest BCUT2D eigenvalue weighted by atomic mass is 16.1. The van der Waals surface area contributed by atoms with Crippen LogP contribution in [0.4, 0.5) is 0 Å². The molecule has 1 nitrogen and oxygen atoms in total. The molecule has 0 amide bonds. The van der Waals surface area contributed by atoms with Gasteiger partial charge in [0.1, 0.15) is 5.78 Å². The first-order valence-corrected chi connectivity index (χ1v) is 6.17. The molecular weight excluding hydrogens is 196 g/mol. The highest BCUT2D eigenvalue weighted by Gasteiger charge is 2.21. The van der Waals surface area contributed by atoms with Gasteiger partial charge in [0.2, 0.25) is 0 Å². The Morgan fingerprint density at radius 3 is 2.12 bits per heavy atom. The molecule has 1 saturated carbocycles. The Morgan fingerprint density at radius 1 is 0.938 bits per heavy atom. The summed E-state index contributed by atoms with van der Waals surface area (Å²) in [4.78, 5) is 11.2. The molecule has 2 rings (SSSR count). The van der Waals surface area contributed by atoms with Gasteiger partial charge in [0, 0.05) is 12.8 Å². The fourth-order valence-electron chi connectivity index (χ4n) is 2.67. The number of carbonyl (C=O) groups is 1. The van der Waals surface area contributed by atoms with Crippen LogP contribution in [0.15, 0.2) is 12.1 Å². The SMILES string of the molecule is Cc1cc(C)c(C2CCC(=O)CC2)cc1C. The van der Waals surface area contributed by atoms with E-state index in [1.807, 2.05) is 0 Å². The maximum atomic E-state index is 11.2. The fraction of sp³-hybridized carbons (Fsp3) is 0.533. The summed E-state index contributed by atoms with van der Waals surface area (Å²) in [5.74, 6) is 1.05. The molecular formula is C15H20O. The molecule has 0 atom stereocenters. The van der Waals surface area contributed by atoms with Crippen LogP contribution in [0, 0.1) is 20.8 Å². The molecule has 0 saturated heterocycles. The van der Waals surface area contributed by atoms with Gasteiger partial charge in [-0.2, -0.15) is 0 Å². The van der Waals surface area contributed by atoms with E-state index >= 15 is 0 Å². The molecule has 1 aliphatic rings. The van der Waals surface area contributed by atoms with Gasteiger partial charge in [0.25, 0.3) is 0 Å². The van der Waals surface area contributed by atoms with E-state index in [0.29, 0.717) is 11.7 Å². The average Bonchev–Trinajstić information content (AvgIpc) is 2.25. The normalized spacial score (nSPS) is 17.8. The molecule has 16 heavy (non-hydrogen) atoms. The Bertz CT molecular complexity index is 408. The number of hydrogen-bond acceptors (Lipinski definition) is 1. The summed E-state index contributed by atoms with van der Waals surface area (Å²) in [5, 5.41) is 0. The van der Waals surface area contributed by atoms with Crippen LogP contribution < -0.4 is 0 Å². The second-order valence-corrected chi connectivity index (χ2v) is 5.11. The van der Waals surface area contributed by atoms with E-state index in [9.17, 15) is 4.79 Å². The highest BCUT2D eigenvalue weighted by molar-refractivity contribution is 5.79. The molecule has 0 spiro atoms. The van der Waals surface area contributed by atoms with Crippen molar-refractivity contribution >= 4 is 5.78 Å². The average molecular weight is 216 g/mol. The predicted octanol–water partition coefficient (Wildman–Crippen LogP) is 3.84. The molecule has 1 aromatic carbocycles. The van der Waals surface area contributed by atoms with Crippen molar-refractivity contribution in [2.45, 2.75) is 52.4 Å². The Morgan fingerprint density at radius 2 is 1.50 bits per heavy atom. The first-order chi connectivity index (χ1) is 7.58. The first kappa shape index (κ1) is 11.4. The standard InChI is InChI=1S/C15H20O/c1-10-8-12(3)15(9-11(10)2)13-4-6-14(16)7-5-13/h8-9,13H,4-7H2,1-3H3. The van der Waals surface area contributed by atoms with E-state index in [1.54, 1.807) is 0 Å². The summed E-state index contributed by atoms with van der Waals surface area (Å²) in [6.45, 7) is 6.53. The van der Waals surface area contributed by atoms with Gasteiger partial charge in [-0.15, -0.1) is 0 Å². The zero-order valence-corrected chi connectivity index (χ0v) is 10.5. The van der Waals surface area contributed by atoms with Crippen LogP contribution in [0.25, 0.3) is 0 Å². The molecule has 0 N–H and O–H groups in total. The summed E-state index contributed by atoms with van der Waals surface area (Å²) in [5.41, 5.74) is 5.60. The van der Waals surface area contributed by atoms with Gasteiger partial charge in [0.15, 0.2) is 0 Å². The van der Waals surface area contributed by atoms with Crippen molar-refractivity contribution in [2.24, 2.45) is 0 Å². The minimum absolute atomic E-state index is 0.442. The number of aryl methyl sites for hydroxylation is 3. The van der Waals surface area contributed by atoms with E-state index in [0.717, 1.165) is 25.7 Å². The number of hydrogen-bond donors (Lipinski definition) is 0. The molecule has 86 valence electrons. The maximum Gasteiger partial charge on any atom is 0.132 e. The summed E-state index contributed by atoms with van der Waals surface area (Å²) in [6.07, 6.45) is 3.64. The smallest absolute Gasteiger partial charge is 0.132 e. The molecule has 1 heteroatoms. The summed E-state index contributed by atoms with van der Waals surface area (Å²) in [7, 11) is 0. The van der Waals surface area contributed by atoms with Gasteiger partial charge in [-0.25, -0.2) is 0 Å². The van der Waals surface area contributed by atoms with Crippen molar-refractivity contribution in [3.05, 3.63) is 34.4 Å². The molecule has 0 bridgehead atoms. The maximum absolute atomic E-state index is 11.2. The molecule has 1 aliphatic carbocycles. The second-order valence-electron chi connectivity index (χ2n) is 5.11.